The van der Waals surface area contributed by atoms with Crippen molar-refractivity contribution in [2.45, 2.75) is 19.1 Å². The zero-order chi connectivity index (χ0) is 16.8. The number of amides is 1. The number of nitrogens with one attached hydrogen (secondary N) is 1. The van der Waals surface area contributed by atoms with Gasteiger partial charge in [-0.2, -0.15) is 5.10 Å². The Kier molecular flexibility index (Phi) is 8.14. The van der Waals surface area contributed by atoms with Gasteiger partial charge in [-0.25, -0.2) is 9.07 Å². The van der Waals surface area contributed by atoms with Crippen LogP contribution in [0.5, 0.6) is 0 Å². The van der Waals surface area contributed by atoms with Crippen LogP contribution in [0.25, 0.3) is 0 Å². The predicted molar refractivity (Wildman–Crippen MR) is 93.1 cm³/mol. The molecule has 1 heterocycles. The molecule has 2 aromatic rings. The SMILES string of the molecule is COC(CN)CC(=O)Nc1ccnn1Cc1ccc(Cl)c(F)c1.Cl. The lowest BCUT2D eigenvalue weighted by Gasteiger charge is -2.13. The molecule has 0 aliphatic rings. The third kappa shape index (κ3) is 5.45. The third-order valence-electron chi connectivity index (χ3n) is 3.31. The minimum Gasteiger partial charge on any atom is -0.380 e. The van der Waals surface area contributed by atoms with Crippen molar-refractivity contribution < 1.29 is 13.9 Å². The van der Waals surface area contributed by atoms with Crippen LogP contribution >= 0.6 is 24.0 Å². The molecule has 0 aliphatic heterocycles. The molecule has 1 unspecified atom stereocenters. The van der Waals surface area contributed by atoms with Gasteiger partial charge >= 0.3 is 0 Å². The highest BCUT2D eigenvalue weighted by Gasteiger charge is 2.13. The number of nitrogens with two attached hydrogens (primary N) is 1. The Bertz CT molecular complexity index is 677. The minimum atomic E-state index is -0.493. The Morgan fingerprint density at radius 1 is 1.50 bits per heavy atom. The van der Waals surface area contributed by atoms with Gasteiger partial charge in [-0.3, -0.25) is 4.79 Å². The number of benzene rings is 1. The zero-order valence-corrected chi connectivity index (χ0v) is 14.6. The number of carbonyl (C=O) groups excluding carboxylic acids is 1. The molecule has 9 heteroatoms. The quantitative estimate of drug-likeness (QED) is 0.777. The summed E-state index contributed by atoms with van der Waals surface area (Å²) in [5.41, 5.74) is 6.18. The van der Waals surface area contributed by atoms with Gasteiger partial charge in [0.25, 0.3) is 0 Å². The average molecular weight is 377 g/mol. The maximum atomic E-state index is 13.5. The minimum absolute atomic E-state index is 0. The molecule has 0 spiro atoms. The molecule has 0 radical (unpaired) electrons. The molecule has 1 amide bonds. The van der Waals surface area contributed by atoms with E-state index in [2.05, 4.69) is 10.4 Å². The second kappa shape index (κ2) is 9.58. The van der Waals surface area contributed by atoms with Crippen molar-refractivity contribution in [2.24, 2.45) is 5.73 Å². The Morgan fingerprint density at radius 3 is 2.88 bits per heavy atom. The third-order valence-corrected chi connectivity index (χ3v) is 3.62. The van der Waals surface area contributed by atoms with E-state index in [0.29, 0.717) is 17.9 Å². The van der Waals surface area contributed by atoms with Crippen molar-refractivity contribution in [3.8, 4) is 0 Å². The fourth-order valence-electron chi connectivity index (χ4n) is 2.04. The number of ether oxygens (including phenoxy) is 1. The Hall–Kier alpha value is -1.67. The van der Waals surface area contributed by atoms with E-state index < -0.39 is 5.82 Å². The number of methoxy groups -OCH3 is 1. The summed E-state index contributed by atoms with van der Waals surface area (Å²) >= 11 is 5.66. The van der Waals surface area contributed by atoms with E-state index in [1.54, 1.807) is 23.0 Å². The maximum absolute atomic E-state index is 13.5. The molecule has 0 fully saturated rings. The summed E-state index contributed by atoms with van der Waals surface area (Å²) < 4.78 is 20.1. The number of aromatic nitrogens is 2. The van der Waals surface area contributed by atoms with Gasteiger partial charge in [0.2, 0.25) is 5.91 Å². The van der Waals surface area contributed by atoms with Crippen LogP contribution in [0.4, 0.5) is 10.2 Å². The molecule has 0 aliphatic carbocycles. The van der Waals surface area contributed by atoms with E-state index in [9.17, 15) is 9.18 Å². The second-order valence-corrected chi connectivity index (χ2v) is 5.38. The number of anilines is 1. The summed E-state index contributed by atoms with van der Waals surface area (Å²) in [7, 11) is 1.50. The zero-order valence-electron chi connectivity index (χ0n) is 13.0. The Morgan fingerprint density at radius 2 is 2.25 bits per heavy atom. The Labute approximate surface area is 150 Å². The van der Waals surface area contributed by atoms with Gasteiger partial charge in [0.05, 0.1) is 30.3 Å². The molecule has 0 bridgehead atoms. The predicted octanol–water partition coefficient (Wildman–Crippen LogP) is 2.45. The van der Waals surface area contributed by atoms with Crippen LogP contribution in [0.2, 0.25) is 5.02 Å². The topological polar surface area (TPSA) is 82.2 Å². The van der Waals surface area contributed by atoms with Gasteiger partial charge < -0.3 is 15.8 Å². The summed E-state index contributed by atoms with van der Waals surface area (Å²) in [5, 5.41) is 6.93. The molecule has 1 aromatic heterocycles. The van der Waals surface area contributed by atoms with Crippen LogP contribution in [-0.2, 0) is 16.1 Å². The largest absolute Gasteiger partial charge is 0.380 e. The number of halogens is 3. The molecular weight excluding hydrogens is 358 g/mol. The number of nitrogens with zero attached hydrogens (tertiary/aromatic N) is 2. The summed E-state index contributed by atoms with van der Waals surface area (Å²) in [6.07, 6.45) is 1.36. The van der Waals surface area contributed by atoms with Gasteiger partial charge in [0.1, 0.15) is 11.6 Å². The monoisotopic (exact) mass is 376 g/mol. The smallest absolute Gasteiger partial charge is 0.228 e. The molecule has 2 rings (SSSR count). The number of rotatable bonds is 7. The van der Waals surface area contributed by atoms with Gasteiger partial charge in [-0.15, -0.1) is 12.4 Å². The van der Waals surface area contributed by atoms with Crippen LogP contribution in [0, 0.1) is 5.82 Å². The van der Waals surface area contributed by atoms with Crippen molar-refractivity contribution in [1.82, 2.24) is 9.78 Å². The van der Waals surface area contributed by atoms with Gasteiger partial charge in [-0.05, 0) is 17.7 Å². The van der Waals surface area contributed by atoms with E-state index >= 15 is 0 Å². The lowest BCUT2D eigenvalue weighted by molar-refractivity contribution is -0.118. The first-order valence-corrected chi connectivity index (χ1v) is 7.39. The van der Waals surface area contributed by atoms with Gasteiger partial charge in [-0.1, -0.05) is 17.7 Å². The van der Waals surface area contributed by atoms with E-state index in [1.807, 2.05) is 0 Å². The normalized spacial score (nSPS) is 11.7. The molecule has 6 nitrogen and oxygen atoms in total. The molecule has 3 N–H and O–H groups in total. The first-order valence-electron chi connectivity index (χ1n) is 7.02. The molecule has 132 valence electrons. The molecule has 0 saturated heterocycles. The van der Waals surface area contributed by atoms with Crippen LogP contribution in [0.3, 0.4) is 0 Å². The molecular formula is C15H19Cl2FN4O2. The Balaban J connectivity index is 0.00000288. The average Bonchev–Trinajstić information content (AvgIpc) is 2.95. The summed E-state index contributed by atoms with van der Waals surface area (Å²) in [4.78, 5) is 12.0. The fraction of sp³-hybridized carbons (Fsp3) is 0.333. The lowest BCUT2D eigenvalue weighted by atomic mass is 10.2. The second-order valence-electron chi connectivity index (χ2n) is 4.97. The van der Waals surface area contributed by atoms with Crippen molar-refractivity contribution in [2.75, 3.05) is 19.0 Å². The number of hydrogen-bond acceptors (Lipinski definition) is 4. The van der Waals surface area contributed by atoms with Crippen LogP contribution in [-0.4, -0.2) is 35.4 Å². The highest BCUT2D eigenvalue weighted by Crippen LogP contribution is 2.17. The molecule has 0 saturated carbocycles. The van der Waals surface area contributed by atoms with E-state index in [0.717, 1.165) is 0 Å². The molecule has 24 heavy (non-hydrogen) atoms. The van der Waals surface area contributed by atoms with E-state index in [1.165, 1.54) is 19.2 Å². The van der Waals surface area contributed by atoms with Crippen molar-refractivity contribution >= 4 is 35.7 Å². The van der Waals surface area contributed by atoms with Crippen molar-refractivity contribution in [1.29, 1.82) is 0 Å². The molecule has 1 atom stereocenters. The van der Waals surface area contributed by atoms with Crippen LogP contribution < -0.4 is 11.1 Å². The number of carbonyl (C=O) groups is 1. The van der Waals surface area contributed by atoms with Crippen molar-refractivity contribution in [3.63, 3.8) is 0 Å². The van der Waals surface area contributed by atoms with E-state index in [4.69, 9.17) is 22.1 Å². The molecule has 1 aromatic carbocycles. The fourth-order valence-corrected chi connectivity index (χ4v) is 2.16. The van der Waals surface area contributed by atoms with Crippen LogP contribution in [0.1, 0.15) is 12.0 Å². The summed E-state index contributed by atoms with van der Waals surface area (Å²) in [6.45, 7) is 0.564. The first kappa shape index (κ1) is 20.4. The van der Waals surface area contributed by atoms with Crippen molar-refractivity contribution in [3.05, 3.63) is 46.9 Å². The standard InChI is InChI=1S/C15H18ClFN4O2.ClH/c1-23-11(8-18)7-15(22)20-14-4-5-19-21(14)9-10-2-3-12(16)13(17)6-10;/h2-6,11H,7-9,18H2,1H3,(H,20,22);1H. The lowest BCUT2D eigenvalue weighted by Crippen LogP contribution is -2.28. The first-order chi connectivity index (χ1) is 11.0. The highest BCUT2D eigenvalue weighted by atomic mass is 35.5. The number of hydrogen-bond donors (Lipinski definition) is 2. The maximum Gasteiger partial charge on any atom is 0.228 e. The van der Waals surface area contributed by atoms with Crippen LogP contribution in [0.15, 0.2) is 30.5 Å². The highest BCUT2D eigenvalue weighted by molar-refractivity contribution is 6.30. The van der Waals surface area contributed by atoms with Gasteiger partial charge in [0.15, 0.2) is 0 Å². The van der Waals surface area contributed by atoms with Gasteiger partial charge in [0, 0.05) is 19.7 Å². The summed E-state index contributed by atoms with van der Waals surface area (Å²) in [6, 6.07) is 6.19. The summed E-state index contributed by atoms with van der Waals surface area (Å²) in [5.74, 6) is -0.212. The van der Waals surface area contributed by atoms with E-state index in [-0.39, 0.29) is 42.4 Å².